The third-order valence-electron chi connectivity index (χ3n) is 5.70. The molecular formula is C20H28N2O2S2. The minimum absolute atomic E-state index is 0.194. The van der Waals surface area contributed by atoms with Gasteiger partial charge in [-0.25, -0.2) is 4.98 Å². The minimum atomic E-state index is 0.194. The number of hydrogen-bond donors (Lipinski definition) is 0. The van der Waals surface area contributed by atoms with Crippen LogP contribution in [0.5, 0.6) is 0 Å². The van der Waals surface area contributed by atoms with E-state index in [1.54, 1.807) is 23.1 Å². The van der Waals surface area contributed by atoms with Crippen molar-refractivity contribution in [2.24, 2.45) is 5.92 Å². The Morgan fingerprint density at radius 3 is 2.77 bits per heavy atom. The predicted molar refractivity (Wildman–Crippen MR) is 110 cm³/mol. The summed E-state index contributed by atoms with van der Waals surface area (Å²) in [4.78, 5) is 20.7. The van der Waals surface area contributed by atoms with Gasteiger partial charge in [-0.1, -0.05) is 51.8 Å². The summed E-state index contributed by atoms with van der Waals surface area (Å²) in [6, 6.07) is 0.318. The number of ether oxygens (including phenoxy) is 1. The molecule has 0 N–H and O–H groups in total. The van der Waals surface area contributed by atoms with Crippen molar-refractivity contribution in [3.63, 3.8) is 0 Å². The van der Waals surface area contributed by atoms with Gasteiger partial charge in [0.25, 0.3) is 5.56 Å². The van der Waals surface area contributed by atoms with E-state index in [0.717, 1.165) is 40.4 Å². The average molecular weight is 393 g/mol. The Bertz CT molecular complexity index is 850. The largest absolute Gasteiger partial charge is 0.372 e. The van der Waals surface area contributed by atoms with E-state index in [4.69, 9.17) is 9.72 Å². The summed E-state index contributed by atoms with van der Waals surface area (Å²) in [5.74, 6) is 1.40. The fourth-order valence-electron chi connectivity index (χ4n) is 4.24. The molecule has 3 heterocycles. The summed E-state index contributed by atoms with van der Waals surface area (Å²) < 4.78 is 8.07. The highest BCUT2D eigenvalue weighted by Crippen LogP contribution is 2.37. The lowest BCUT2D eigenvalue weighted by molar-refractivity contribution is 0.00200. The zero-order valence-corrected chi connectivity index (χ0v) is 17.5. The summed E-state index contributed by atoms with van der Waals surface area (Å²) in [7, 11) is 0. The third kappa shape index (κ3) is 3.25. The molecule has 0 aromatic carbocycles. The van der Waals surface area contributed by atoms with Crippen molar-refractivity contribution in [2.75, 3.05) is 5.75 Å². The molecule has 2 aromatic rings. The second kappa shape index (κ2) is 7.64. The summed E-state index contributed by atoms with van der Waals surface area (Å²) in [6.07, 6.45) is 6.98. The van der Waals surface area contributed by atoms with Gasteiger partial charge in [-0.2, -0.15) is 0 Å². The van der Waals surface area contributed by atoms with Crippen LogP contribution < -0.4 is 5.56 Å². The van der Waals surface area contributed by atoms with Gasteiger partial charge >= 0.3 is 0 Å². The van der Waals surface area contributed by atoms with Gasteiger partial charge in [0.1, 0.15) is 4.83 Å². The lowest BCUT2D eigenvalue weighted by atomic mass is 9.94. The molecule has 0 bridgehead atoms. The van der Waals surface area contributed by atoms with Crippen LogP contribution in [-0.2, 0) is 17.8 Å². The Morgan fingerprint density at radius 1 is 1.31 bits per heavy atom. The van der Waals surface area contributed by atoms with Crippen molar-refractivity contribution in [2.45, 2.75) is 83.2 Å². The summed E-state index contributed by atoms with van der Waals surface area (Å²) in [5.41, 5.74) is 1.41. The highest BCUT2D eigenvalue weighted by molar-refractivity contribution is 7.99. The molecule has 0 spiro atoms. The molecule has 2 aromatic heterocycles. The number of aromatic nitrogens is 2. The van der Waals surface area contributed by atoms with Gasteiger partial charge in [-0.3, -0.25) is 9.36 Å². The Labute approximate surface area is 163 Å². The molecular weight excluding hydrogens is 364 g/mol. The third-order valence-corrected chi connectivity index (χ3v) is 7.63. The van der Waals surface area contributed by atoms with Gasteiger partial charge in [0.05, 0.1) is 18.1 Å². The lowest BCUT2D eigenvalue weighted by Crippen LogP contribution is -2.31. The molecule has 4 nitrogen and oxygen atoms in total. The van der Waals surface area contributed by atoms with Crippen molar-refractivity contribution in [3.8, 4) is 0 Å². The van der Waals surface area contributed by atoms with Crippen molar-refractivity contribution >= 4 is 33.3 Å². The first kappa shape index (κ1) is 18.5. The maximum Gasteiger partial charge on any atom is 0.263 e. The summed E-state index contributed by atoms with van der Waals surface area (Å²) >= 11 is 3.36. The van der Waals surface area contributed by atoms with Crippen LogP contribution in [0.15, 0.2) is 9.95 Å². The average Bonchev–Trinajstić information content (AvgIpc) is 3.00. The molecule has 1 aliphatic heterocycles. The lowest BCUT2D eigenvalue weighted by Gasteiger charge is -2.27. The van der Waals surface area contributed by atoms with Crippen LogP contribution in [0.25, 0.3) is 10.2 Å². The molecule has 4 rings (SSSR count). The zero-order valence-electron chi connectivity index (χ0n) is 15.9. The van der Waals surface area contributed by atoms with Crippen molar-refractivity contribution in [1.82, 2.24) is 9.55 Å². The smallest absolute Gasteiger partial charge is 0.263 e. The topological polar surface area (TPSA) is 44.1 Å². The van der Waals surface area contributed by atoms with Crippen molar-refractivity contribution < 1.29 is 4.74 Å². The molecule has 0 amide bonds. The maximum atomic E-state index is 13.6. The maximum absolute atomic E-state index is 13.6. The Hall–Kier alpha value is -0.850. The first-order valence-electron chi connectivity index (χ1n) is 9.91. The Balaban J connectivity index is 1.87. The fraction of sp³-hybridized carbons (Fsp3) is 0.700. The molecule has 142 valence electrons. The van der Waals surface area contributed by atoms with Crippen LogP contribution in [0.2, 0.25) is 0 Å². The van der Waals surface area contributed by atoms with Crippen LogP contribution >= 0.6 is 23.1 Å². The molecule has 0 unspecified atom stereocenters. The van der Waals surface area contributed by atoms with E-state index in [1.807, 2.05) is 4.57 Å². The number of thioether (sulfide) groups is 1. The van der Waals surface area contributed by atoms with E-state index in [9.17, 15) is 4.79 Å². The molecule has 1 atom stereocenters. The normalized spacial score (nSPS) is 21.5. The molecule has 1 aliphatic carbocycles. The molecule has 26 heavy (non-hydrogen) atoms. The van der Waals surface area contributed by atoms with E-state index >= 15 is 0 Å². The first-order valence-corrected chi connectivity index (χ1v) is 11.7. The first-order chi connectivity index (χ1) is 12.6. The van der Waals surface area contributed by atoms with Gasteiger partial charge in [0, 0.05) is 17.3 Å². The van der Waals surface area contributed by atoms with Crippen LogP contribution in [0.1, 0.15) is 69.4 Å². The van der Waals surface area contributed by atoms with Gasteiger partial charge in [-0.15, -0.1) is 11.3 Å². The number of nitrogens with zero attached hydrogens (tertiary/aromatic N) is 2. The van der Waals surface area contributed by atoms with Crippen molar-refractivity contribution in [1.29, 1.82) is 0 Å². The number of fused-ring (bicyclic) bond motifs is 3. The number of thiophene rings is 1. The van der Waals surface area contributed by atoms with Crippen molar-refractivity contribution in [3.05, 3.63) is 20.8 Å². The summed E-state index contributed by atoms with van der Waals surface area (Å²) in [5, 5.41) is 1.79. The number of rotatable bonds is 4. The van der Waals surface area contributed by atoms with Crippen LogP contribution in [0.4, 0.5) is 0 Å². The van der Waals surface area contributed by atoms with E-state index < -0.39 is 0 Å². The monoisotopic (exact) mass is 392 g/mol. The highest BCUT2D eigenvalue weighted by atomic mass is 32.2. The summed E-state index contributed by atoms with van der Waals surface area (Å²) in [6.45, 7) is 7.14. The molecule has 2 aliphatic rings. The van der Waals surface area contributed by atoms with Gasteiger partial charge in [0.2, 0.25) is 0 Å². The standard InChI is InChI=1S/C20H28N2O2S2/c1-4-25-20-21-18-17(19(23)22(20)13-8-6-5-7-9-13)14-10-15(12(2)3)24-11-16(14)26-18/h12-13,15H,4-11H2,1-3H3/t15-/m0/s1. The van der Waals surface area contributed by atoms with Crippen LogP contribution in [-0.4, -0.2) is 21.4 Å². The van der Waals surface area contributed by atoms with E-state index in [-0.39, 0.29) is 11.7 Å². The fourth-order valence-corrected chi connectivity index (χ4v) is 6.20. The van der Waals surface area contributed by atoms with E-state index in [0.29, 0.717) is 18.6 Å². The molecule has 1 saturated carbocycles. The van der Waals surface area contributed by atoms with Gasteiger partial charge in [0.15, 0.2) is 5.16 Å². The second-order valence-electron chi connectivity index (χ2n) is 7.78. The predicted octanol–water partition coefficient (Wildman–Crippen LogP) is 5.17. The Morgan fingerprint density at radius 2 is 2.08 bits per heavy atom. The van der Waals surface area contributed by atoms with E-state index in [2.05, 4.69) is 20.8 Å². The highest BCUT2D eigenvalue weighted by Gasteiger charge is 2.30. The molecule has 0 saturated heterocycles. The molecule has 0 radical (unpaired) electrons. The SMILES string of the molecule is CCSc1nc2sc3c(c2c(=O)n1C1CCCCC1)C[C@@H](C(C)C)OC3. The van der Waals surface area contributed by atoms with Gasteiger partial charge < -0.3 is 4.74 Å². The quantitative estimate of drug-likeness (QED) is 0.532. The van der Waals surface area contributed by atoms with Crippen LogP contribution in [0, 0.1) is 5.92 Å². The van der Waals surface area contributed by atoms with E-state index in [1.165, 1.54) is 29.7 Å². The number of hydrogen-bond acceptors (Lipinski definition) is 5. The molecule has 1 fully saturated rings. The Kier molecular flexibility index (Phi) is 5.44. The minimum Gasteiger partial charge on any atom is -0.372 e. The van der Waals surface area contributed by atoms with Crippen LogP contribution in [0.3, 0.4) is 0 Å². The molecule has 6 heteroatoms. The van der Waals surface area contributed by atoms with Gasteiger partial charge in [-0.05, 0) is 30.1 Å². The zero-order chi connectivity index (χ0) is 18.3. The second-order valence-corrected chi connectivity index (χ2v) is 10.1.